The van der Waals surface area contributed by atoms with Crippen LogP contribution >= 0.6 is 0 Å². The van der Waals surface area contributed by atoms with Crippen LogP contribution < -0.4 is 0 Å². The summed E-state index contributed by atoms with van der Waals surface area (Å²) >= 11 is 0. The molecule has 1 aliphatic carbocycles. The molecule has 0 saturated heterocycles. The number of unbranched alkanes of at least 4 members (excludes halogenated alkanes) is 3. The highest BCUT2D eigenvalue weighted by atomic mass is 16.4. The Balaban J connectivity index is 2.18. The average molecular weight is 350 g/mol. The van der Waals surface area contributed by atoms with Crippen molar-refractivity contribution in [2.75, 3.05) is 0 Å². The number of carboxylic acid groups (broad SMARTS) is 1. The lowest BCUT2D eigenvalue weighted by molar-refractivity contribution is -0.146. The summed E-state index contributed by atoms with van der Waals surface area (Å²) in [5.41, 5.74) is 0. The van der Waals surface area contributed by atoms with Crippen LogP contribution in [-0.4, -0.2) is 28.1 Å². The summed E-state index contributed by atoms with van der Waals surface area (Å²) in [6.45, 7) is 2.15. The van der Waals surface area contributed by atoms with Gasteiger partial charge >= 0.3 is 5.97 Å². The number of aliphatic carboxylic acids is 1. The Morgan fingerprint density at radius 2 is 1.88 bits per heavy atom. The maximum absolute atomic E-state index is 11.8. The number of carbonyl (C=O) groups excluding carboxylic acids is 1. The van der Waals surface area contributed by atoms with Crippen LogP contribution in [0.2, 0.25) is 0 Å². The predicted molar refractivity (Wildman–Crippen MR) is 100 cm³/mol. The average Bonchev–Trinajstić information content (AvgIpc) is 2.99. The van der Waals surface area contributed by atoms with Gasteiger partial charge in [-0.3, -0.25) is 9.59 Å². The Kier molecular flexibility index (Phi) is 11.1. The maximum atomic E-state index is 11.8. The number of Topliss-reactive ketones (excluding diaryl/α,β-unsaturated/α-hetero) is 1. The number of rotatable bonds is 13. The maximum Gasteiger partial charge on any atom is 0.307 e. The zero-order valence-corrected chi connectivity index (χ0v) is 15.5. The fraction of sp³-hybridized carbons (Fsp3) is 0.714. The summed E-state index contributed by atoms with van der Waals surface area (Å²) in [4.78, 5) is 23.1. The van der Waals surface area contributed by atoms with Crippen molar-refractivity contribution < 1.29 is 19.8 Å². The van der Waals surface area contributed by atoms with E-state index in [4.69, 9.17) is 0 Å². The van der Waals surface area contributed by atoms with E-state index in [0.29, 0.717) is 19.3 Å². The van der Waals surface area contributed by atoms with Crippen LogP contribution in [0.4, 0.5) is 0 Å². The smallest absolute Gasteiger partial charge is 0.307 e. The van der Waals surface area contributed by atoms with Crippen molar-refractivity contribution in [3.63, 3.8) is 0 Å². The van der Waals surface area contributed by atoms with Gasteiger partial charge in [-0.05, 0) is 44.9 Å². The topological polar surface area (TPSA) is 74.6 Å². The van der Waals surface area contributed by atoms with Crippen LogP contribution in [0.25, 0.3) is 0 Å². The first-order chi connectivity index (χ1) is 12.1. The summed E-state index contributed by atoms with van der Waals surface area (Å²) in [5, 5.41) is 19.1. The van der Waals surface area contributed by atoms with Gasteiger partial charge in [-0.2, -0.15) is 0 Å². The van der Waals surface area contributed by atoms with E-state index in [1.54, 1.807) is 0 Å². The Morgan fingerprint density at radius 3 is 2.52 bits per heavy atom. The lowest BCUT2D eigenvalue weighted by Gasteiger charge is -2.17. The van der Waals surface area contributed by atoms with Gasteiger partial charge in [-0.15, -0.1) is 0 Å². The van der Waals surface area contributed by atoms with Crippen molar-refractivity contribution in [1.29, 1.82) is 0 Å². The Labute approximate surface area is 152 Å². The molecule has 2 N–H and O–H groups in total. The van der Waals surface area contributed by atoms with Gasteiger partial charge in [0.25, 0.3) is 0 Å². The number of carboxylic acids is 1. The van der Waals surface area contributed by atoms with Gasteiger partial charge in [0.05, 0.1) is 12.0 Å². The fourth-order valence-corrected chi connectivity index (χ4v) is 3.42. The monoisotopic (exact) mass is 350 g/mol. The van der Waals surface area contributed by atoms with Gasteiger partial charge in [0.15, 0.2) is 0 Å². The molecule has 1 fully saturated rings. The second kappa shape index (κ2) is 12.9. The van der Waals surface area contributed by atoms with Crippen LogP contribution in [0.15, 0.2) is 24.3 Å². The van der Waals surface area contributed by atoms with Crippen LogP contribution in [0.3, 0.4) is 0 Å². The van der Waals surface area contributed by atoms with Gasteiger partial charge in [0, 0.05) is 12.3 Å². The molecule has 0 radical (unpaired) electrons. The highest BCUT2D eigenvalue weighted by molar-refractivity contribution is 5.87. The van der Waals surface area contributed by atoms with E-state index in [1.165, 1.54) is 6.42 Å². The number of ketones is 1. The molecule has 0 bridgehead atoms. The molecule has 142 valence electrons. The van der Waals surface area contributed by atoms with E-state index >= 15 is 0 Å². The van der Waals surface area contributed by atoms with E-state index in [0.717, 1.165) is 44.9 Å². The zero-order valence-electron chi connectivity index (χ0n) is 15.5. The van der Waals surface area contributed by atoms with Gasteiger partial charge in [-0.1, -0.05) is 50.5 Å². The van der Waals surface area contributed by atoms with Crippen molar-refractivity contribution in [1.82, 2.24) is 0 Å². The van der Waals surface area contributed by atoms with Crippen LogP contribution in [-0.2, 0) is 9.59 Å². The molecule has 0 aromatic rings. The molecule has 25 heavy (non-hydrogen) atoms. The van der Waals surface area contributed by atoms with Crippen LogP contribution in [0, 0.1) is 11.8 Å². The Hall–Kier alpha value is -1.42. The Bertz CT molecular complexity index is 453. The molecular formula is C21H34O4. The third-order valence-electron chi connectivity index (χ3n) is 4.93. The van der Waals surface area contributed by atoms with Gasteiger partial charge in [0.1, 0.15) is 5.78 Å². The molecule has 1 rings (SSSR count). The Morgan fingerprint density at radius 1 is 1.16 bits per heavy atom. The molecule has 0 aromatic carbocycles. The predicted octanol–water partition coefficient (Wildman–Crippen LogP) is 4.67. The molecule has 0 aromatic heterocycles. The summed E-state index contributed by atoms with van der Waals surface area (Å²) in [5.74, 6) is -1.52. The standard InChI is InChI=1S/C21H34O4/c1-2-3-8-12-17(22)13-9-6-4-5-7-10-14-19(21(24)25)18-15-11-16-20(18)23/h5,7,9,13,17-19,22H,2-4,6,8,10-12,14-16H2,1H3,(H,24,25)/b7-5+,13-9-/t17-,18+,19-/m0/s1. The normalized spacial score (nSPS) is 20.6. The minimum Gasteiger partial charge on any atom is -0.481 e. The van der Waals surface area contributed by atoms with E-state index in [9.17, 15) is 19.8 Å². The lowest BCUT2D eigenvalue weighted by atomic mass is 9.86. The molecular weight excluding hydrogens is 316 g/mol. The minimum atomic E-state index is -0.839. The highest BCUT2D eigenvalue weighted by Crippen LogP contribution is 2.31. The molecule has 0 aliphatic heterocycles. The van der Waals surface area contributed by atoms with E-state index in [1.807, 2.05) is 18.2 Å². The molecule has 1 saturated carbocycles. The van der Waals surface area contributed by atoms with Crippen LogP contribution in [0.1, 0.15) is 77.6 Å². The van der Waals surface area contributed by atoms with Crippen LogP contribution in [0.5, 0.6) is 0 Å². The van der Waals surface area contributed by atoms with E-state index in [2.05, 4.69) is 13.0 Å². The number of aliphatic hydroxyl groups is 1. The number of aliphatic hydroxyl groups excluding tert-OH is 1. The second-order valence-electron chi connectivity index (χ2n) is 7.03. The summed E-state index contributed by atoms with van der Waals surface area (Å²) in [6.07, 6.45) is 16.9. The zero-order chi connectivity index (χ0) is 18.5. The molecule has 4 nitrogen and oxygen atoms in total. The molecule has 0 heterocycles. The first-order valence-corrected chi connectivity index (χ1v) is 9.81. The summed E-state index contributed by atoms with van der Waals surface area (Å²) in [7, 11) is 0. The number of allylic oxidation sites excluding steroid dienone is 3. The SMILES string of the molecule is CCCCC[C@H](O)/C=C\CC/C=C/CC[C@H](C(=O)O)[C@H]1CCCC1=O. The first-order valence-electron chi connectivity index (χ1n) is 9.81. The minimum absolute atomic E-state index is 0.124. The number of hydrogen-bond acceptors (Lipinski definition) is 3. The van der Waals surface area contributed by atoms with Crippen molar-refractivity contribution in [2.24, 2.45) is 11.8 Å². The molecule has 0 unspecified atom stereocenters. The molecule has 3 atom stereocenters. The first kappa shape index (κ1) is 21.6. The van der Waals surface area contributed by atoms with E-state index < -0.39 is 11.9 Å². The number of hydrogen-bond donors (Lipinski definition) is 2. The molecule has 4 heteroatoms. The van der Waals surface area contributed by atoms with Crippen molar-refractivity contribution >= 4 is 11.8 Å². The van der Waals surface area contributed by atoms with Crippen molar-refractivity contribution in [3.05, 3.63) is 24.3 Å². The largest absolute Gasteiger partial charge is 0.481 e. The molecule has 0 amide bonds. The van der Waals surface area contributed by atoms with Gasteiger partial charge in [-0.25, -0.2) is 0 Å². The van der Waals surface area contributed by atoms with E-state index in [-0.39, 0.29) is 17.8 Å². The van der Waals surface area contributed by atoms with Crippen molar-refractivity contribution in [2.45, 2.75) is 83.7 Å². The van der Waals surface area contributed by atoms with Crippen molar-refractivity contribution in [3.8, 4) is 0 Å². The second-order valence-corrected chi connectivity index (χ2v) is 7.03. The quantitative estimate of drug-likeness (QED) is 0.374. The van der Waals surface area contributed by atoms with Gasteiger partial charge < -0.3 is 10.2 Å². The molecule has 1 aliphatic rings. The molecule has 0 spiro atoms. The third kappa shape index (κ3) is 9.01. The summed E-state index contributed by atoms with van der Waals surface area (Å²) < 4.78 is 0. The lowest BCUT2D eigenvalue weighted by Crippen LogP contribution is -2.26. The summed E-state index contributed by atoms with van der Waals surface area (Å²) in [6, 6.07) is 0. The highest BCUT2D eigenvalue weighted by Gasteiger charge is 2.35. The fourth-order valence-electron chi connectivity index (χ4n) is 3.42. The number of carbonyl (C=O) groups is 2. The third-order valence-corrected chi connectivity index (χ3v) is 4.93. The van der Waals surface area contributed by atoms with Gasteiger partial charge in [0.2, 0.25) is 0 Å².